The Morgan fingerprint density at radius 1 is 0.800 bits per heavy atom. The Labute approximate surface area is 178 Å². The molecule has 0 aliphatic carbocycles. The van der Waals surface area contributed by atoms with Crippen molar-refractivity contribution in [1.82, 2.24) is 9.80 Å². The summed E-state index contributed by atoms with van der Waals surface area (Å²) in [6, 6.07) is 12.5. The van der Waals surface area contributed by atoms with Crippen LogP contribution in [-0.4, -0.2) is 55.3 Å². The fraction of sp³-hybridized carbons (Fsp3) is 0.391. The van der Waals surface area contributed by atoms with Gasteiger partial charge in [-0.05, 0) is 51.5 Å². The number of carbonyl (C=O) groups is 2. The number of amides is 2. The molecule has 2 rings (SSSR count). The summed E-state index contributed by atoms with van der Waals surface area (Å²) in [7, 11) is 1.52. The molecule has 30 heavy (non-hydrogen) atoms. The van der Waals surface area contributed by atoms with E-state index in [1.807, 2.05) is 45.9 Å². The molecule has 0 radical (unpaired) electrons. The van der Waals surface area contributed by atoms with E-state index in [9.17, 15) is 9.59 Å². The quantitative estimate of drug-likeness (QED) is 0.605. The molecular weight excluding hydrogens is 384 g/mol. The molecule has 0 heterocycles. The highest BCUT2D eigenvalue weighted by molar-refractivity contribution is 5.80. The fourth-order valence-corrected chi connectivity index (χ4v) is 3.02. The molecule has 2 amide bonds. The van der Waals surface area contributed by atoms with Crippen LogP contribution in [0.25, 0.3) is 11.1 Å². The molecule has 0 saturated carbocycles. The first-order valence-corrected chi connectivity index (χ1v) is 10.2. The maximum Gasteiger partial charge on any atom is 0.415 e. The average Bonchev–Trinajstić information content (AvgIpc) is 2.75. The van der Waals surface area contributed by atoms with E-state index in [4.69, 9.17) is 14.2 Å². The lowest BCUT2D eigenvalue weighted by Gasteiger charge is -2.21. The zero-order valence-electron chi connectivity index (χ0n) is 18.3. The Balaban J connectivity index is 2.39. The molecule has 2 aromatic rings. The van der Waals surface area contributed by atoms with Gasteiger partial charge in [0.1, 0.15) is 5.75 Å². The minimum absolute atomic E-state index is 0.323. The summed E-state index contributed by atoms with van der Waals surface area (Å²) in [5, 5.41) is 0. The molecule has 0 bridgehead atoms. The van der Waals surface area contributed by atoms with Crippen molar-refractivity contribution in [2.75, 3.05) is 33.3 Å². The van der Waals surface area contributed by atoms with Crippen LogP contribution in [0.15, 0.2) is 42.5 Å². The highest BCUT2D eigenvalue weighted by Gasteiger charge is 2.20. The first-order chi connectivity index (χ1) is 14.5. The average molecular weight is 415 g/mol. The number of carbonyl (C=O) groups excluding carboxylic acids is 2. The van der Waals surface area contributed by atoms with Gasteiger partial charge in [0.2, 0.25) is 0 Å². The Kier molecular flexibility index (Phi) is 8.53. The zero-order valence-corrected chi connectivity index (χ0v) is 18.3. The number of hydrogen-bond acceptors (Lipinski definition) is 5. The van der Waals surface area contributed by atoms with E-state index < -0.39 is 12.2 Å². The molecule has 162 valence electrons. The normalized spacial score (nSPS) is 10.3. The van der Waals surface area contributed by atoms with Crippen LogP contribution in [0.5, 0.6) is 17.2 Å². The van der Waals surface area contributed by atoms with Crippen molar-refractivity contribution in [2.45, 2.75) is 27.7 Å². The number of rotatable bonds is 8. The van der Waals surface area contributed by atoms with Gasteiger partial charge in [0.05, 0.1) is 7.11 Å². The van der Waals surface area contributed by atoms with Crippen molar-refractivity contribution in [1.29, 1.82) is 0 Å². The van der Waals surface area contributed by atoms with Gasteiger partial charge in [0.15, 0.2) is 11.5 Å². The van der Waals surface area contributed by atoms with Gasteiger partial charge in [-0.3, -0.25) is 0 Å². The number of benzene rings is 2. The van der Waals surface area contributed by atoms with E-state index in [1.165, 1.54) is 7.11 Å². The molecular formula is C23H30N2O5. The van der Waals surface area contributed by atoms with Gasteiger partial charge in [-0.25, -0.2) is 9.59 Å². The maximum absolute atomic E-state index is 12.6. The van der Waals surface area contributed by atoms with Gasteiger partial charge in [0.25, 0.3) is 0 Å². The lowest BCUT2D eigenvalue weighted by atomic mass is 10.0. The Bertz CT molecular complexity index is 860. The molecule has 7 heteroatoms. The minimum atomic E-state index is -0.449. The number of hydrogen-bond donors (Lipinski definition) is 0. The summed E-state index contributed by atoms with van der Waals surface area (Å²) in [5.41, 5.74) is 1.40. The first kappa shape index (κ1) is 23.1. The van der Waals surface area contributed by atoms with Crippen LogP contribution >= 0.6 is 0 Å². The van der Waals surface area contributed by atoms with Gasteiger partial charge in [0, 0.05) is 31.7 Å². The van der Waals surface area contributed by atoms with E-state index >= 15 is 0 Å². The molecule has 0 saturated heterocycles. The molecule has 0 spiro atoms. The lowest BCUT2D eigenvalue weighted by Crippen LogP contribution is -2.33. The number of nitrogens with zero attached hydrogens (tertiary/aromatic N) is 2. The van der Waals surface area contributed by atoms with Crippen LogP contribution in [0.4, 0.5) is 9.59 Å². The highest BCUT2D eigenvalue weighted by Crippen LogP contribution is 2.39. The van der Waals surface area contributed by atoms with Crippen LogP contribution in [-0.2, 0) is 0 Å². The van der Waals surface area contributed by atoms with Gasteiger partial charge in [-0.15, -0.1) is 0 Å². The Hall–Kier alpha value is -3.22. The topological polar surface area (TPSA) is 68.3 Å². The summed E-state index contributed by atoms with van der Waals surface area (Å²) in [6.45, 7) is 9.78. The molecule has 0 unspecified atom stereocenters. The standard InChI is InChI=1S/C23H30N2O5/c1-6-24(7-2)22(26)29-18-13-10-12-17(16-18)19-14-11-15-20(28-5)21(19)30-23(27)25(8-3)9-4/h10-16H,6-9H2,1-5H3. The summed E-state index contributed by atoms with van der Waals surface area (Å²) in [6.07, 6.45) is -0.856. The van der Waals surface area contributed by atoms with Crippen LogP contribution < -0.4 is 14.2 Å². The highest BCUT2D eigenvalue weighted by atomic mass is 16.6. The number of ether oxygens (including phenoxy) is 3. The Morgan fingerprint density at radius 3 is 1.93 bits per heavy atom. The van der Waals surface area contributed by atoms with Crippen LogP contribution in [0.1, 0.15) is 27.7 Å². The van der Waals surface area contributed by atoms with E-state index in [0.29, 0.717) is 49.0 Å². The molecule has 0 aromatic heterocycles. The number of para-hydroxylation sites is 1. The third kappa shape index (κ3) is 5.43. The summed E-state index contributed by atoms with van der Waals surface area (Å²) in [4.78, 5) is 28.0. The van der Waals surface area contributed by atoms with Crippen molar-refractivity contribution in [3.63, 3.8) is 0 Å². The maximum atomic E-state index is 12.6. The van der Waals surface area contributed by atoms with Crippen LogP contribution in [0, 0.1) is 0 Å². The summed E-state index contributed by atoms with van der Waals surface area (Å²) >= 11 is 0. The van der Waals surface area contributed by atoms with Crippen LogP contribution in [0.2, 0.25) is 0 Å². The fourth-order valence-electron chi connectivity index (χ4n) is 3.02. The summed E-state index contributed by atoms with van der Waals surface area (Å²) in [5.74, 6) is 1.18. The van der Waals surface area contributed by atoms with Crippen molar-refractivity contribution in [3.05, 3.63) is 42.5 Å². The molecule has 0 fully saturated rings. The van der Waals surface area contributed by atoms with E-state index in [-0.39, 0.29) is 0 Å². The first-order valence-electron chi connectivity index (χ1n) is 10.2. The second-order valence-corrected chi connectivity index (χ2v) is 6.45. The second kappa shape index (κ2) is 11.1. The third-order valence-electron chi connectivity index (χ3n) is 4.78. The van der Waals surface area contributed by atoms with E-state index in [2.05, 4.69) is 0 Å². The SMILES string of the molecule is CCN(CC)C(=O)Oc1cccc(-c2cccc(OC)c2OC(=O)N(CC)CC)c1. The molecule has 0 aliphatic rings. The molecule has 0 N–H and O–H groups in total. The predicted molar refractivity (Wildman–Crippen MR) is 116 cm³/mol. The van der Waals surface area contributed by atoms with Gasteiger partial charge < -0.3 is 24.0 Å². The van der Waals surface area contributed by atoms with Crippen LogP contribution in [0.3, 0.4) is 0 Å². The third-order valence-corrected chi connectivity index (χ3v) is 4.78. The van der Waals surface area contributed by atoms with Gasteiger partial charge in [-0.2, -0.15) is 0 Å². The van der Waals surface area contributed by atoms with Crippen molar-refractivity contribution >= 4 is 12.2 Å². The van der Waals surface area contributed by atoms with E-state index in [0.717, 1.165) is 5.56 Å². The Morgan fingerprint density at radius 2 is 1.37 bits per heavy atom. The molecule has 7 nitrogen and oxygen atoms in total. The second-order valence-electron chi connectivity index (χ2n) is 6.45. The van der Waals surface area contributed by atoms with Crippen molar-refractivity contribution in [2.24, 2.45) is 0 Å². The smallest absolute Gasteiger partial charge is 0.415 e. The lowest BCUT2D eigenvalue weighted by molar-refractivity contribution is 0.155. The van der Waals surface area contributed by atoms with Crippen molar-refractivity contribution < 1.29 is 23.8 Å². The molecule has 0 aliphatic heterocycles. The number of methoxy groups -OCH3 is 1. The minimum Gasteiger partial charge on any atom is -0.493 e. The zero-order chi connectivity index (χ0) is 22.1. The van der Waals surface area contributed by atoms with Crippen molar-refractivity contribution in [3.8, 4) is 28.4 Å². The molecule has 0 atom stereocenters. The molecule has 2 aromatic carbocycles. The van der Waals surface area contributed by atoms with E-state index in [1.54, 1.807) is 34.1 Å². The largest absolute Gasteiger partial charge is 0.493 e. The predicted octanol–water partition coefficient (Wildman–Crippen LogP) is 5.04. The van der Waals surface area contributed by atoms with Gasteiger partial charge >= 0.3 is 12.2 Å². The monoisotopic (exact) mass is 414 g/mol. The van der Waals surface area contributed by atoms with Gasteiger partial charge in [-0.1, -0.05) is 24.3 Å². The summed E-state index contributed by atoms with van der Waals surface area (Å²) < 4.78 is 16.6.